The molecule has 3 rings (SSSR count). The molecule has 1 aromatic heterocycles. The molecule has 0 bridgehead atoms. The van der Waals surface area contributed by atoms with Gasteiger partial charge in [-0.3, -0.25) is 9.59 Å². The Hall–Kier alpha value is -2.32. The van der Waals surface area contributed by atoms with Gasteiger partial charge in [-0.1, -0.05) is 0 Å². The number of benzene rings is 1. The first-order valence-corrected chi connectivity index (χ1v) is 9.27. The number of piperazine rings is 1. The van der Waals surface area contributed by atoms with Gasteiger partial charge in [0, 0.05) is 18.7 Å². The van der Waals surface area contributed by atoms with Crippen LogP contribution in [0.3, 0.4) is 0 Å². The van der Waals surface area contributed by atoms with E-state index in [0.29, 0.717) is 13.1 Å². The molecule has 1 aromatic carbocycles. The van der Waals surface area contributed by atoms with E-state index in [9.17, 15) is 14.0 Å². The van der Waals surface area contributed by atoms with Crippen molar-refractivity contribution in [3.8, 4) is 10.6 Å². The molecule has 6 nitrogen and oxygen atoms in total. The molecule has 1 aliphatic rings. The summed E-state index contributed by atoms with van der Waals surface area (Å²) < 4.78 is 13.1. The minimum atomic E-state index is -0.287. The van der Waals surface area contributed by atoms with Gasteiger partial charge in [-0.2, -0.15) is 0 Å². The Balaban J connectivity index is 1.66. The van der Waals surface area contributed by atoms with Crippen molar-refractivity contribution >= 4 is 23.2 Å². The van der Waals surface area contributed by atoms with Gasteiger partial charge in [0.15, 0.2) is 0 Å². The maximum absolute atomic E-state index is 13.1. The number of hydrogen-bond acceptors (Lipinski definition) is 5. The van der Waals surface area contributed by atoms with Crippen LogP contribution in [0, 0.1) is 12.7 Å². The Kier molecular flexibility index (Phi) is 5.63. The second-order valence-corrected chi connectivity index (χ2v) is 7.29. The van der Waals surface area contributed by atoms with Gasteiger partial charge in [0.1, 0.15) is 10.8 Å². The molecule has 2 N–H and O–H groups in total. The first kappa shape index (κ1) is 18.5. The Bertz CT molecular complexity index is 806. The Morgan fingerprint density at radius 1 is 1.42 bits per heavy atom. The van der Waals surface area contributed by atoms with Crippen LogP contribution in [-0.2, 0) is 9.59 Å². The number of carbonyl (C=O) groups is 2. The van der Waals surface area contributed by atoms with Gasteiger partial charge >= 0.3 is 0 Å². The fraction of sp³-hybridized carbons (Fsp3) is 0.389. The summed E-state index contributed by atoms with van der Waals surface area (Å²) in [5.74, 6) is -0.541. The molecule has 1 atom stereocenters. The zero-order chi connectivity index (χ0) is 18.7. The van der Waals surface area contributed by atoms with E-state index < -0.39 is 0 Å². The van der Waals surface area contributed by atoms with Gasteiger partial charge in [-0.25, -0.2) is 9.37 Å². The van der Waals surface area contributed by atoms with Crippen LogP contribution in [0.15, 0.2) is 24.3 Å². The van der Waals surface area contributed by atoms with E-state index in [0.717, 1.165) is 21.1 Å². The summed E-state index contributed by atoms with van der Waals surface area (Å²) in [5.41, 5.74) is 1.68. The number of carbonyl (C=O) groups excluding carboxylic acids is 2. The summed E-state index contributed by atoms with van der Waals surface area (Å²) in [7, 11) is 0. The van der Waals surface area contributed by atoms with Gasteiger partial charge in [0.2, 0.25) is 11.8 Å². The first-order chi connectivity index (χ1) is 12.4. The molecule has 2 amide bonds. The van der Waals surface area contributed by atoms with E-state index in [2.05, 4.69) is 15.6 Å². The average molecular weight is 376 g/mol. The summed E-state index contributed by atoms with van der Waals surface area (Å²) in [6.07, 6.45) is 0. The molecule has 1 saturated heterocycles. The maximum atomic E-state index is 13.1. The van der Waals surface area contributed by atoms with E-state index >= 15 is 0 Å². The number of thiazole rings is 1. The quantitative estimate of drug-likeness (QED) is 0.835. The Morgan fingerprint density at radius 2 is 2.15 bits per heavy atom. The SMILES string of the molecule is Cc1nc(-c2ccc(F)cc2)sc1C(C)NC(=O)CN1CCNCC1=O. The summed E-state index contributed by atoms with van der Waals surface area (Å²) in [5, 5.41) is 6.70. The zero-order valence-corrected chi connectivity index (χ0v) is 15.5. The highest BCUT2D eigenvalue weighted by Crippen LogP contribution is 2.31. The van der Waals surface area contributed by atoms with Crippen molar-refractivity contribution in [3.63, 3.8) is 0 Å². The molecule has 0 spiro atoms. The Morgan fingerprint density at radius 3 is 2.85 bits per heavy atom. The molecule has 8 heteroatoms. The fourth-order valence-corrected chi connectivity index (χ4v) is 3.94. The van der Waals surface area contributed by atoms with Crippen molar-refractivity contribution < 1.29 is 14.0 Å². The highest BCUT2D eigenvalue weighted by molar-refractivity contribution is 7.15. The number of amides is 2. The van der Waals surface area contributed by atoms with Crippen LogP contribution in [0.2, 0.25) is 0 Å². The fourth-order valence-electron chi connectivity index (χ4n) is 2.86. The number of aromatic nitrogens is 1. The number of aryl methyl sites for hydroxylation is 1. The van der Waals surface area contributed by atoms with Gasteiger partial charge in [-0.05, 0) is 38.1 Å². The van der Waals surface area contributed by atoms with Crippen LogP contribution < -0.4 is 10.6 Å². The van der Waals surface area contributed by atoms with E-state index in [-0.39, 0.29) is 36.8 Å². The molecule has 1 unspecified atom stereocenters. The molecule has 2 heterocycles. The Labute approximate surface area is 155 Å². The second-order valence-electron chi connectivity index (χ2n) is 6.26. The van der Waals surface area contributed by atoms with Crippen LogP contribution in [0.25, 0.3) is 10.6 Å². The van der Waals surface area contributed by atoms with Crippen LogP contribution in [0.5, 0.6) is 0 Å². The number of nitrogens with one attached hydrogen (secondary N) is 2. The summed E-state index contributed by atoms with van der Waals surface area (Å²) in [6.45, 7) is 5.36. The minimum absolute atomic E-state index is 0.0630. The van der Waals surface area contributed by atoms with Gasteiger partial charge in [0.05, 0.1) is 29.7 Å². The lowest BCUT2D eigenvalue weighted by atomic mass is 10.2. The van der Waals surface area contributed by atoms with Crippen molar-refractivity contribution in [2.45, 2.75) is 19.9 Å². The normalized spacial score (nSPS) is 15.8. The number of rotatable bonds is 5. The lowest BCUT2D eigenvalue weighted by Crippen LogP contribution is -2.51. The molecule has 1 fully saturated rings. The van der Waals surface area contributed by atoms with E-state index in [1.54, 1.807) is 17.0 Å². The molecule has 138 valence electrons. The highest BCUT2D eigenvalue weighted by Gasteiger charge is 2.22. The van der Waals surface area contributed by atoms with Gasteiger partial charge in [-0.15, -0.1) is 11.3 Å². The molecule has 0 radical (unpaired) electrons. The summed E-state index contributed by atoms with van der Waals surface area (Å²) in [6, 6.07) is 5.98. The summed E-state index contributed by atoms with van der Waals surface area (Å²) in [4.78, 5) is 31.1. The van der Waals surface area contributed by atoms with Gasteiger partial charge in [0.25, 0.3) is 0 Å². The molecule has 26 heavy (non-hydrogen) atoms. The smallest absolute Gasteiger partial charge is 0.240 e. The summed E-state index contributed by atoms with van der Waals surface area (Å²) >= 11 is 1.48. The second kappa shape index (κ2) is 7.92. The third-order valence-corrected chi connectivity index (χ3v) is 5.61. The number of hydrogen-bond donors (Lipinski definition) is 2. The van der Waals surface area contributed by atoms with E-state index in [4.69, 9.17) is 0 Å². The molecule has 0 saturated carbocycles. The van der Waals surface area contributed by atoms with Crippen LogP contribution in [0.1, 0.15) is 23.5 Å². The van der Waals surface area contributed by atoms with Crippen molar-refractivity contribution in [1.29, 1.82) is 0 Å². The third-order valence-electron chi connectivity index (χ3n) is 4.22. The molecule has 2 aromatic rings. The predicted octanol–water partition coefficient (Wildman–Crippen LogP) is 1.87. The van der Waals surface area contributed by atoms with Crippen molar-refractivity contribution in [3.05, 3.63) is 40.7 Å². The van der Waals surface area contributed by atoms with E-state index in [1.165, 1.54) is 23.5 Å². The molecule has 0 aliphatic carbocycles. The van der Waals surface area contributed by atoms with Gasteiger partial charge < -0.3 is 15.5 Å². The molecular weight excluding hydrogens is 355 g/mol. The highest BCUT2D eigenvalue weighted by atomic mass is 32.1. The largest absolute Gasteiger partial charge is 0.347 e. The van der Waals surface area contributed by atoms with Crippen molar-refractivity contribution in [2.24, 2.45) is 0 Å². The average Bonchev–Trinajstić information content (AvgIpc) is 2.99. The standard InChI is InChI=1S/C18H21FN4O2S/c1-11(21-15(24)10-23-8-7-20-9-16(23)25)17-12(2)22-18(26-17)13-3-5-14(19)6-4-13/h3-6,11,20H,7-10H2,1-2H3,(H,21,24). The lowest BCUT2D eigenvalue weighted by molar-refractivity contribution is -0.136. The zero-order valence-electron chi connectivity index (χ0n) is 14.7. The third kappa shape index (κ3) is 4.25. The molecule has 1 aliphatic heterocycles. The minimum Gasteiger partial charge on any atom is -0.347 e. The number of nitrogens with zero attached hydrogens (tertiary/aromatic N) is 2. The topological polar surface area (TPSA) is 74.3 Å². The molecular formula is C18H21FN4O2S. The van der Waals surface area contributed by atoms with E-state index in [1.807, 2.05) is 13.8 Å². The van der Waals surface area contributed by atoms with Crippen LogP contribution in [0.4, 0.5) is 4.39 Å². The van der Waals surface area contributed by atoms with Crippen LogP contribution in [-0.4, -0.2) is 47.9 Å². The monoisotopic (exact) mass is 376 g/mol. The van der Waals surface area contributed by atoms with Crippen molar-refractivity contribution in [2.75, 3.05) is 26.2 Å². The predicted molar refractivity (Wildman–Crippen MR) is 98.3 cm³/mol. The number of halogens is 1. The van der Waals surface area contributed by atoms with Crippen molar-refractivity contribution in [1.82, 2.24) is 20.5 Å². The maximum Gasteiger partial charge on any atom is 0.240 e. The van der Waals surface area contributed by atoms with Crippen LogP contribution >= 0.6 is 11.3 Å². The lowest BCUT2D eigenvalue weighted by Gasteiger charge is -2.27. The first-order valence-electron chi connectivity index (χ1n) is 8.45.